The van der Waals surface area contributed by atoms with Crippen LogP contribution in [0.5, 0.6) is 0 Å². The van der Waals surface area contributed by atoms with Crippen molar-refractivity contribution in [1.82, 2.24) is 0 Å². The summed E-state index contributed by atoms with van der Waals surface area (Å²) in [5.41, 5.74) is 6.40. The second kappa shape index (κ2) is 4.89. The summed E-state index contributed by atoms with van der Waals surface area (Å²) in [7, 11) is 0. The van der Waals surface area contributed by atoms with E-state index < -0.39 is 5.97 Å². The Morgan fingerprint density at radius 2 is 2.27 bits per heavy atom. The van der Waals surface area contributed by atoms with Gasteiger partial charge in [0.15, 0.2) is 0 Å². The number of hydrogen-bond acceptors (Lipinski definition) is 3. The average molecular weight is 229 g/mol. The fraction of sp³-hybridized carbons (Fsp3) is 0.300. The van der Waals surface area contributed by atoms with Crippen molar-refractivity contribution in [3.8, 4) is 0 Å². The number of halogens is 1. The molecule has 0 saturated carbocycles. The summed E-state index contributed by atoms with van der Waals surface area (Å²) < 4.78 is 0. The highest BCUT2D eigenvalue weighted by Gasteiger charge is 2.13. The highest BCUT2D eigenvalue weighted by molar-refractivity contribution is 6.34. The predicted molar refractivity (Wildman–Crippen MR) is 61.6 cm³/mol. The number of nitrogens with one attached hydrogen (secondary N) is 1. The number of nitrogens with two attached hydrogens (primary N) is 1. The molecule has 1 aromatic carbocycles. The standard InChI is InChI=1S/C10H13ClN2O2/c1-2-3-13-9-7(10(14)15)4-6(12)5-8(9)11/h4-5,13H,2-3,12H2,1H3,(H,14,15). The van der Waals surface area contributed by atoms with Crippen LogP contribution in [0.15, 0.2) is 12.1 Å². The molecule has 0 bridgehead atoms. The van der Waals surface area contributed by atoms with Crippen LogP contribution in [0.2, 0.25) is 5.02 Å². The van der Waals surface area contributed by atoms with Crippen LogP contribution in [0, 0.1) is 0 Å². The number of aromatic carboxylic acids is 1. The third-order valence-electron chi connectivity index (χ3n) is 1.89. The number of anilines is 2. The van der Waals surface area contributed by atoms with Crippen LogP contribution in [-0.4, -0.2) is 17.6 Å². The van der Waals surface area contributed by atoms with Crippen LogP contribution in [-0.2, 0) is 0 Å². The van der Waals surface area contributed by atoms with Crippen molar-refractivity contribution in [2.24, 2.45) is 0 Å². The largest absolute Gasteiger partial charge is 0.478 e. The summed E-state index contributed by atoms with van der Waals surface area (Å²) in [6.07, 6.45) is 0.889. The molecule has 0 aliphatic heterocycles. The van der Waals surface area contributed by atoms with Crippen LogP contribution >= 0.6 is 11.6 Å². The van der Waals surface area contributed by atoms with E-state index in [0.717, 1.165) is 6.42 Å². The molecule has 0 radical (unpaired) electrons. The van der Waals surface area contributed by atoms with E-state index in [1.165, 1.54) is 12.1 Å². The molecular formula is C10H13ClN2O2. The van der Waals surface area contributed by atoms with E-state index in [0.29, 0.717) is 22.9 Å². The SMILES string of the molecule is CCCNc1c(Cl)cc(N)cc1C(=O)O. The molecule has 0 atom stereocenters. The Labute approximate surface area is 93.0 Å². The molecule has 0 heterocycles. The van der Waals surface area contributed by atoms with Gasteiger partial charge in [-0.05, 0) is 18.6 Å². The zero-order valence-corrected chi connectivity index (χ0v) is 9.14. The lowest BCUT2D eigenvalue weighted by atomic mass is 10.1. The molecule has 0 aliphatic rings. The van der Waals surface area contributed by atoms with Gasteiger partial charge >= 0.3 is 5.97 Å². The quantitative estimate of drug-likeness (QED) is 0.692. The number of carboxylic acid groups (broad SMARTS) is 1. The number of benzene rings is 1. The number of rotatable bonds is 4. The molecule has 0 saturated heterocycles. The maximum absolute atomic E-state index is 10.9. The van der Waals surface area contributed by atoms with Gasteiger partial charge in [0.1, 0.15) is 0 Å². The fourth-order valence-corrected chi connectivity index (χ4v) is 1.52. The van der Waals surface area contributed by atoms with Crippen molar-refractivity contribution in [2.45, 2.75) is 13.3 Å². The summed E-state index contributed by atoms with van der Waals surface area (Å²) in [5, 5.41) is 12.3. The van der Waals surface area contributed by atoms with Crippen molar-refractivity contribution in [3.05, 3.63) is 22.7 Å². The summed E-state index contributed by atoms with van der Waals surface area (Å²) in [6.45, 7) is 2.66. The van der Waals surface area contributed by atoms with E-state index in [1.54, 1.807) is 0 Å². The van der Waals surface area contributed by atoms with Gasteiger partial charge in [0, 0.05) is 12.2 Å². The third kappa shape index (κ3) is 2.76. The Kier molecular flexibility index (Phi) is 3.80. The molecule has 0 amide bonds. The van der Waals surface area contributed by atoms with Crippen molar-refractivity contribution in [3.63, 3.8) is 0 Å². The number of nitrogen functional groups attached to an aromatic ring is 1. The Morgan fingerprint density at radius 1 is 1.60 bits per heavy atom. The van der Waals surface area contributed by atoms with Gasteiger partial charge in [0.25, 0.3) is 0 Å². The first-order valence-electron chi connectivity index (χ1n) is 4.62. The van der Waals surface area contributed by atoms with Crippen molar-refractivity contribution >= 4 is 28.9 Å². The van der Waals surface area contributed by atoms with Crippen molar-refractivity contribution in [1.29, 1.82) is 0 Å². The molecule has 15 heavy (non-hydrogen) atoms. The second-order valence-electron chi connectivity index (χ2n) is 3.16. The Morgan fingerprint density at radius 3 is 2.80 bits per heavy atom. The lowest BCUT2D eigenvalue weighted by molar-refractivity contribution is 0.0698. The first-order chi connectivity index (χ1) is 7.06. The van der Waals surface area contributed by atoms with Crippen LogP contribution < -0.4 is 11.1 Å². The van der Waals surface area contributed by atoms with E-state index in [-0.39, 0.29) is 5.56 Å². The van der Waals surface area contributed by atoms with E-state index in [1.807, 2.05) is 6.92 Å². The summed E-state index contributed by atoms with van der Waals surface area (Å²) in [5.74, 6) is -1.04. The molecule has 0 unspecified atom stereocenters. The maximum Gasteiger partial charge on any atom is 0.337 e. The molecule has 0 spiro atoms. The smallest absolute Gasteiger partial charge is 0.337 e. The van der Waals surface area contributed by atoms with Gasteiger partial charge in [-0.3, -0.25) is 0 Å². The van der Waals surface area contributed by atoms with Crippen LogP contribution in [0.1, 0.15) is 23.7 Å². The summed E-state index contributed by atoms with van der Waals surface area (Å²) >= 11 is 5.91. The van der Waals surface area contributed by atoms with E-state index in [9.17, 15) is 4.79 Å². The maximum atomic E-state index is 10.9. The van der Waals surface area contributed by atoms with Gasteiger partial charge < -0.3 is 16.2 Å². The normalized spacial score (nSPS) is 10.0. The molecule has 4 N–H and O–H groups in total. The highest BCUT2D eigenvalue weighted by Crippen LogP contribution is 2.29. The van der Waals surface area contributed by atoms with Crippen molar-refractivity contribution < 1.29 is 9.90 Å². The first kappa shape index (κ1) is 11.7. The highest BCUT2D eigenvalue weighted by atomic mass is 35.5. The molecule has 0 aromatic heterocycles. The van der Waals surface area contributed by atoms with Crippen LogP contribution in [0.3, 0.4) is 0 Å². The van der Waals surface area contributed by atoms with Gasteiger partial charge in [-0.25, -0.2) is 4.79 Å². The van der Waals surface area contributed by atoms with E-state index in [2.05, 4.69) is 5.32 Å². The molecule has 0 fully saturated rings. The van der Waals surface area contributed by atoms with Crippen LogP contribution in [0.4, 0.5) is 11.4 Å². The summed E-state index contributed by atoms with van der Waals surface area (Å²) in [6, 6.07) is 2.93. The zero-order chi connectivity index (χ0) is 11.4. The number of carbonyl (C=O) groups is 1. The average Bonchev–Trinajstić information content (AvgIpc) is 2.15. The molecule has 4 nitrogen and oxygen atoms in total. The summed E-state index contributed by atoms with van der Waals surface area (Å²) in [4.78, 5) is 10.9. The fourth-order valence-electron chi connectivity index (χ4n) is 1.23. The van der Waals surface area contributed by atoms with E-state index >= 15 is 0 Å². The van der Waals surface area contributed by atoms with Gasteiger partial charge in [0.2, 0.25) is 0 Å². The third-order valence-corrected chi connectivity index (χ3v) is 2.19. The molecule has 0 aliphatic carbocycles. The minimum atomic E-state index is -1.04. The molecule has 1 rings (SSSR count). The van der Waals surface area contributed by atoms with Gasteiger partial charge in [-0.15, -0.1) is 0 Å². The van der Waals surface area contributed by atoms with Crippen molar-refractivity contribution in [2.75, 3.05) is 17.6 Å². The first-order valence-corrected chi connectivity index (χ1v) is 5.00. The minimum Gasteiger partial charge on any atom is -0.478 e. The molecule has 1 aromatic rings. The second-order valence-corrected chi connectivity index (χ2v) is 3.56. The Bertz CT molecular complexity index is 380. The molecule has 5 heteroatoms. The monoisotopic (exact) mass is 228 g/mol. The molecular weight excluding hydrogens is 216 g/mol. The topological polar surface area (TPSA) is 75.3 Å². The molecule has 82 valence electrons. The van der Waals surface area contributed by atoms with Gasteiger partial charge in [-0.2, -0.15) is 0 Å². The Balaban J connectivity index is 3.15. The van der Waals surface area contributed by atoms with Crippen LogP contribution in [0.25, 0.3) is 0 Å². The van der Waals surface area contributed by atoms with Gasteiger partial charge in [-0.1, -0.05) is 18.5 Å². The number of hydrogen-bond donors (Lipinski definition) is 3. The number of carboxylic acids is 1. The van der Waals surface area contributed by atoms with E-state index in [4.69, 9.17) is 22.4 Å². The van der Waals surface area contributed by atoms with Gasteiger partial charge in [0.05, 0.1) is 16.3 Å². The lowest BCUT2D eigenvalue weighted by Gasteiger charge is -2.11. The Hall–Kier alpha value is -1.42. The zero-order valence-electron chi connectivity index (χ0n) is 8.38. The predicted octanol–water partition coefficient (Wildman–Crippen LogP) is 2.44. The minimum absolute atomic E-state index is 0.105. The lowest BCUT2D eigenvalue weighted by Crippen LogP contribution is -2.08.